The predicted molar refractivity (Wildman–Crippen MR) is 100 cm³/mol. The highest BCUT2D eigenvalue weighted by molar-refractivity contribution is 5.45. The molecule has 2 aliphatic rings. The summed E-state index contributed by atoms with van der Waals surface area (Å²) in [4.78, 5) is 0. The molecule has 0 bridgehead atoms. The Bertz CT molecular complexity index is 576. The van der Waals surface area contributed by atoms with Crippen molar-refractivity contribution >= 4 is 0 Å². The van der Waals surface area contributed by atoms with Gasteiger partial charge < -0.3 is 4.74 Å². The van der Waals surface area contributed by atoms with Crippen LogP contribution in [0.1, 0.15) is 68.2 Å². The molecule has 0 fully saturated rings. The normalized spacial score (nSPS) is 25.5. The van der Waals surface area contributed by atoms with Crippen LogP contribution in [-0.4, -0.2) is 11.7 Å². The zero-order valence-electron chi connectivity index (χ0n) is 16.3. The third-order valence-corrected chi connectivity index (χ3v) is 5.27. The first-order chi connectivity index (χ1) is 10.5. The monoisotopic (exact) mass is 314 g/mol. The minimum Gasteiger partial charge on any atom is -0.367 e. The van der Waals surface area contributed by atoms with Crippen molar-refractivity contribution < 1.29 is 4.74 Å². The van der Waals surface area contributed by atoms with Gasteiger partial charge in [0.2, 0.25) is 0 Å². The van der Waals surface area contributed by atoms with E-state index in [0.29, 0.717) is 0 Å². The van der Waals surface area contributed by atoms with E-state index in [2.05, 4.69) is 85.8 Å². The van der Waals surface area contributed by atoms with Crippen LogP contribution in [0.15, 0.2) is 47.1 Å². The van der Waals surface area contributed by atoms with Gasteiger partial charge in [-0.1, -0.05) is 70.6 Å². The minimum atomic E-state index is -0.292. The van der Waals surface area contributed by atoms with Crippen molar-refractivity contribution in [2.45, 2.75) is 79.9 Å². The summed E-state index contributed by atoms with van der Waals surface area (Å²) in [6.45, 7) is 18.1. The molecule has 0 aromatic carbocycles. The third-order valence-electron chi connectivity index (χ3n) is 5.27. The van der Waals surface area contributed by atoms with E-state index in [1.807, 2.05) is 0 Å². The maximum Gasteiger partial charge on any atom is 0.103 e. The highest BCUT2D eigenvalue weighted by atomic mass is 16.5. The van der Waals surface area contributed by atoms with Crippen molar-refractivity contribution in [2.75, 3.05) is 0 Å². The summed E-state index contributed by atoms with van der Waals surface area (Å²) in [5.41, 5.74) is 3.89. The van der Waals surface area contributed by atoms with Crippen LogP contribution >= 0.6 is 0 Å². The van der Waals surface area contributed by atoms with Crippen molar-refractivity contribution in [3.8, 4) is 0 Å². The van der Waals surface area contributed by atoms with E-state index in [0.717, 1.165) is 12.8 Å². The minimum absolute atomic E-state index is 0.0689. The lowest BCUT2D eigenvalue weighted by molar-refractivity contribution is -0.118. The first kappa shape index (κ1) is 18.3. The fourth-order valence-electron chi connectivity index (χ4n) is 4.05. The van der Waals surface area contributed by atoms with Crippen molar-refractivity contribution in [1.29, 1.82) is 0 Å². The van der Waals surface area contributed by atoms with Gasteiger partial charge in [0.05, 0.1) is 6.10 Å². The van der Waals surface area contributed by atoms with Gasteiger partial charge in [0.25, 0.3) is 0 Å². The maximum absolute atomic E-state index is 6.76. The Hall–Kier alpha value is -1.08. The Morgan fingerprint density at radius 1 is 1.09 bits per heavy atom. The molecule has 2 aliphatic carbocycles. The largest absolute Gasteiger partial charge is 0.367 e. The van der Waals surface area contributed by atoms with Crippen LogP contribution in [0.2, 0.25) is 0 Å². The standard InChI is InChI=1S/C22H34O/c1-16(2)23-22(21(7,8)18-11-9-10-12-18)14-13-17(3)15-19(22)20(4,5)6/h9,11-13,15-16H,10,14H2,1-8H3. The summed E-state index contributed by atoms with van der Waals surface area (Å²) in [7, 11) is 0. The molecule has 1 heteroatoms. The molecule has 0 saturated heterocycles. The highest BCUT2D eigenvalue weighted by Crippen LogP contribution is 2.55. The van der Waals surface area contributed by atoms with Gasteiger partial charge in [-0.25, -0.2) is 0 Å². The Kier molecular flexibility index (Phi) is 4.84. The Balaban J connectivity index is 2.64. The molecule has 2 rings (SSSR count). The molecule has 0 N–H and O–H groups in total. The first-order valence-corrected chi connectivity index (χ1v) is 8.95. The number of hydrogen-bond acceptors (Lipinski definition) is 1. The highest BCUT2D eigenvalue weighted by Gasteiger charge is 2.53. The predicted octanol–water partition coefficient (Wildman–Crippen LogP) is 6.39. The van der Waals surface area contributed by atoms with Crippen molar-refractivity contribution in [2.24, 2.45) is 10.8 Å². The molecule has 0 aromatic rings. The first-order valence-electron chi connectivity index (χ1n) is 8.95. The molecular formula is C22H34O. The summed E-state index contributed by atoms with van der Waals surface area (Å²) in [5.74, 6) is 0. The fourth-order valence-corrected chi connectivity index (χ4v) is 4.05. The van der Waals surface area contributed by atoms with Crippen LogP contribution in [0.5, 0.6) is 0 Å². The molecule has 0 aliphatic heterocycles. The molecule has 1 unspecified atom stereocenters. The molecular weight excluding hydrogens is 280 g/mol. The third kappa shape index (κ3) is 3.26. The second-order valence-electron chi connectivity index (χ2n) is 8.88. The molecule has 0 radical (unpaired) electrons. The molecule has 128 valence electrons. The number of hydrogen-bond donors (Lipinski definition) is 0. The van der Waals surface area contributed by atoms with Crippen molar-refractivity contribution in [3.05, 3.63) is 47.1 Å². The molecule has 0 saturated carbocycles. The second-order valence-corrected chi connectivity index (χ2v) is 8.88. The number of rotatable bonds is 4. The summed E-state index contributed by atoms with van der Waals surface area (Å²) < 4.78 is 6.76. The molecule has 0 amide bonds. The van der Waals surface area contributed by atoms with Crippen LogP contribution in [0.25, 0.3) is 0 Å². The summed E-state index contributed by atoms with van der Waals surface area (Å²) >= 11 is 0. The fraction of sp³-hybridized carbons (Fsp3) is 0.636. The van der Waals surface area contributed by atoms with Crippen molar-refractivity contribution in [1.82, 2.24) is 0 Å². The van der Waals surface area contributed by atoms with Crippen LogP contribution in [-0.2, 0) is 4.74 Å². The van der Waals surface area contributed by atoms with Gasteiger partial charge in [-0.3, -0.25) is 0 Å². The van der Waals surface area contributed by atoms with Gasteiger partial charge in [0.15, 0.2) is 0 Å². The summed E-state index contributed by atoms with van der Waals surface area (Å²) in [6, 6.07) is 0. The molecule has 1 atom stereocenters. The zero-order valence-corrected chi connectivity index (χ0v) is 16.3. The smallest absolute Gasteiger partial charge is 0.103 e. The van der Waals surface area contributed by atoms with Gasteiger partial charge in [0.1, 0.15) is 5.60 Å². The molecule has 23 heavy (non-hydrogen) atoms. The lowest BCUT2D eigenvalue weighted by Crippen LogP contribution is -2.54. The van der Waals surface area contributed by atoms with E-state index in [9.17, 15) is 0 Å². The lowest BCUT2D eigenvalue weighted by atomic mass is 9.58. The van der Waals surface area contributed by atoms with Gasteiger partial charge in [-0.2, -0.15) is 0 Å². The van der Waals surface area contributed by atoms with Gasteiger partial charge >= 0.3 is 0 Å². The second kappa shape index (κ2) is 6.09. The molecule has 0 spiro atoms. The SMILES string of the molecule is CC1=CCC(OC(C)C)(C(C)(C)C2=CCC=C2)C(C(C)(C)C)=C1. The molecule has 1 nitrogen and oxygen atoms in total. The Morgan fingerprint density at radius 3 is 2.22 bits per heavy atom. The van der Waals surface area contributed by atoms with E-state index in [1.54, 1.807) is 0 Å². The summed E-state index contributed by atoms with van der Waals surface area (Å²) in [6.07, 6.45) is 13.8. The summed E-state index contributed by atoms with van der Waals surface area (Å²) in [5, 5.41) is 0. The number of allylic oxidation sites excluding steroid dienone is 5. The molecule has 0 aromatic heterocycles. The van der Waals surface area contributed by atoms with Crippen LogP contribution in [0.4, 0.5) is 0 Å². The van der Waals surface area contributed by atoms with E-state index >= 15 is 0 Å². The molecule has 0 heterocycles. The van der Waals surface area contributed by atoms with Gasteiger partial charge in [-0.15, -0.1) is 0 Å². The van der Waals surface area contributed by atoms with E-state index in [4.69, 9.17) is 4.74 Å². The van der Waals surface area contributed by atoms with E-state index in [1.165, 1.54) is 16.7 Å². The number of ether oxygens (including phenoxy) is 1. The van der Waals surface area contributed by atoms with E-state index < -0.39 is 0 Å². The Labute approximate surface area is 143 Å². The van der Waals surface area contributed by atoms with Crippen LogP contribution in [0, 0.1) is 10.8 Å². The van der Waals surface area contributed by atoms with Crippen LogP contribution < -0.4 is 0 Å². The Morgan fingerprint density at radius 2 is 1.74 bits per heavy atom. The maximum atomic E-state index is 6.76. The van der Waals surface area contributed by atoms with Gasteiger partial charge in [-0.05, 0) is 50.2 Å². The lowest BCUT2D eigenvalue weighted by Gasteiger charge is -2.54. The van der Waals surface area contributed by atoms with Crippen LogP contribution in [0.3, 0.4) is 0 Å². The zero-order chi connectivity index (χ0) is 17.5. The topological polar surface area (TPSA) is 9.23 Å². The quantitative estimate of drug-likeness (QED) is 0.584. The van der Waals surface area contributed by atoms with Crippen molar-refractivity contribution in [3.63, 3.8) is 0 Å². The average Bonchev–Trinajstić information content (AvgIpc) is 2.93. The van der Waals surface area contributed by atoms with E-state index in [-0.39, 0.29) is 22.5 Å². The van der Waals surface area contributed by atoms with Gasteiger partial charge in [0, 0.05) is 5.41 Å². The average molecular weight is 315 g/mol.